The number of rotatable bonds is 7. The van der Waals surface area contributed by atoms with Gasteiger partial charge in [0, 0.05) is 24.7 Å². The first-order valence-electron chi connectivity index (χ1n) is 10.4. The normalized spacial score (nSPS) is 17.7. The van der Waals surface area contributed by atoms with Crippen molar-refractivity contribution in [3.05, 3.63) is 53.8 Å². The molecule has 0 heterocycles. The second-order valence-electron chi connectivity index (χ2n) is 7.54. The Morgan fingerprint density at radius 3 is 2.50 bits per heavy atom. The lowest BCUT2D eigenvalue weighted by molar-refractivity contribution is 0.0775. The summed E-state index contributed by atoms with van der Waals surface area (Å²) >= 11 is 0. The molecule has 32 heavy (non-hydrogen) atoms. The maximum atomic E-state index is 13.0. The van der Waals surface area contributed by atoms with Crippen LogP contribution in [0, 0.1) is 5.82 Å². The van der Waals surface area contributed by atoms with E-state index in [9.17, 15) is 14.0 Å². The van der Waals surface area contributed by atoms with E-state index in [2.05, 4.69) is 16.0 Å². The molecule has 1 aliphatic carbocycles. The van der Waals surface area contributed by atoms with Crippen LogP contribution in [0.2, 0.25) is 0 Å². The van der Waals surface area contributed by atoms with Crippen molar-refractivity contribution in [1.29, 1.82) is 0 Å². The van der Waals surface area contributed by atoms with Gasteiger partial charge in [-0.05, 0) is 61.2 Å². The molecule has 2 aromatic carbocycles. The van der Waals surface area contributed by atoms with Gasteiger partial charge in [-0.25, -0.2) is 14.0 Å². The minimum Gasteiger partial charge on any atom is -0.493 e. The molecule has 172 valence electrons. The van der Waals surface area contributed by atoms with Crippen LogP contribution in [0.15, 0.2) is 42.5 Å². The van der Waals surface area contributed by atoms with Crippen LogP contribution >= 0.6 is 0 Å². The first-order chi connectivity index (χ1) is 15.5. The maximum absolute atomic E-state index is 13.0. The van der Waals surface area contributed by atoms with Crippen LogP contribution in [0.3, 0.4) is 0 Å². The molecule has 8 nitrogen and oxygen atoms in total. The van der Waals surface area contributed by atoms with Crippen molar-refractivity contribution < 1.29 is 28.2 Å². The molecule has 3 rings (SSSR count). The molecule has 0 spiro atoms. The summed E-state index contributed by atoms with van der Waals surface area (Å²) in [6.07, 6.45) is 1.99. The second-order valence-corrected chi connectivity index (χ2v) is 7.54. The fourth-order valence-corrected chi connectivity index (χ4v) is 3.62. The van der Waals surface area contributed by atoms with E-state index in [1.165, 1.54) is 24.3 Å². The Balaban J connectivity index is 1.43. The van der Waals surface area contributed by atoms with E-state index in [4.69, 9.17) is 14.2 Å². The summed E-state index contributed by atoms with van der Waals surface area (Å²) in [5, 5.41) is 8.35. The Hall–Kier alpha value is -3.49. The van der Waals surface area contributed by atoms with Gasteiger partial charge in [-0.2, -0.15) is 0 Å². The van der Waals surface area contributed by atoms with Crippen molar-refractivity contribution in [3.8, 4) is 11.5 Å². The minimum atomic E-state index is -0.597. The fraction of sp³-hybridized carbons (Fsp3) is 0.391. The predicted molar refractivity (Wildman–Crippen MR) is 117 cm³/mol. The fourth-order valence-electron chi connectivity index (χ4n) is 3.62. The van der Waals surface area contributed by atoms with E-state index in [0.29, 0.717) is 30.2 Å². The Bertz CT molecular complexity index is 922. The average molecular weight is 445 g/mol. The first kappa shape index (κ1) is 23.2. The lowest BCUT2D eigenvalue weighted by atomic mass is 9.93. The van der Waals surface area contributed by atoms with Crippen molar-refractivity contribution in [2.75, 3.05) is 19.5 Å². The van der Waals surface area contributed by atoms with Gasteiger partial charge in [-0.15, -0.1) is 0 Å². The highest BCUT2D eigenvalue weighted by molar-refractivity contribution is 5.84. The molecule has 0 saturated heterocycles. The molecule has 1 aliphatic rings. The van der Waals surface area contributed by atoms with E-state index in [1.807, 2.05) is 12.1 Å². The van der Waals surface area contributed by atoms with Crippen LogP contribution in [-0.4, -0.2) is 38.5 Å². The van der Waals surface area contributed by atoms with Gasteiger partial charge < -0.3 is 24.8 Å². The summed E-state index contributed by atoms with van der Waals surface area (Å²) in [6.45, 7) is 0.332. The van der Waals surface area contributed by atoms with Gasteiger partial charge in [0.2, 0.25) is 0 Å². The molecule has 0 radical (unpaired) electrons. The van der Waals surface area contributed by atoms with Gasteiger partial charge in [-0.3, -0.25) is 5.32 Å². The predicted octanol–water partition coefficient (Wildman–Crippen LogP) is 4.20. The summed E-state index contributed by atoms with van der Waals surface area (Å²) in [4.78, 5) is 24.4. The number of nitrogens with one attached hydrogen (secondary N) is 3. The molecule has 0 unspecified atom stereocenters. The number of amides is 3. The van der Waals surface area contributed by atoms with E-state index in [1.54, 1.807) is 20.3 Å². The molecule has 2 aromatic rings. The number of benzene rings is 2. The number of methoxy groups -OCH3 is 2. The highest BCUT2D eigenvalue weighted by Gasteiger charge is 2.26. The lowest BCUT2D eigenvalue weighted by Crippen LogP contribution is -2.45. The van der Waals surface area contributed by atoms with Crippen LogP contribution in [0.1, 0.15) is 31.2 Å². The number of urea groups is 1. The third-order valence-electron chi connectivity index (χ3n) is 5.23. The quantitative estimate of drug-likeness (QED) is 0.593. The summed E-state index contributed by atoms with van der Waals surface area (Å²) in [5.41, 5.74) is 1.33. The third kappa shape index (κ3) is 6.76. The van der Waals surface area contributed by atoms with Gasteiger partial charge in [0.1, 0.15) is 11.9 Å². The number of anilines is 1. The van der Waals surface area contributed by atoms with Gasteiger partial charge >= 0.3 is 12.1 Å². The molecule has 0 aromatic heterocycles. The Morgan fingerprint density at radius 2 is 1.78 bits per heavy atom. The summed E-state index contributed by atoms with van der Waals surface area (Å²) in [7, 11) is 3.13. The molecular weight excluding hydrogens is 417 g/mol. The SMILES string of the molecule is COc1ccc(CNC(=O)N[C@@H]2CCC[C@@H](OC(=O)Nc3ccc(F)cc3)C2)cc1OC. The topological polar surface area (TPSA) is 97.9 Å². The van der Waals surface area contributed by atoms with E-state index in [0.717, 1.165) is 24.8 Å². The van der Waals surface area contributed by atoms with E-state index in [-0.39, 0.29) is 24.0 Å². The van der Waals surface area contributed by atoms with Crippen molar-refractivity contribution in [1.82, 2.24) is 10.6 Å². The summed E-state index contributed by atoms with van der Waals surface area (Å²) in [6, 6.07) is 10.5. The number of carbonyl (C=O) groups is 2. The van der Waals surface area contributed by atoms with Gasteiger partial charge in [-0.1, -0.05) is 6.07 Å². The molecule has 3 N–H and O–H groups in total. The van der Waals surface area contributed by atoms with E-state index < -0.39 is 6.09 Å². The molecule has 0 aliphatic heterocycles. The minimum absolute atomic E-state index is 0.0993. The third-order valence-corrected chi connectivity index (χ3v) is 5.23. The molecule has 9 heteroatoms. The summed E-state index contributed by atoms with van der Waals surface area (Å²) in [5.74, 6) is 0.838. The van der Waals surface area contributed by atoms with Gasteiger partial charge in [0.15, 0.2) is 11.5 Å². The maximum Gasteiger partial charge on any atom is 0.411 e. The van der Waals surface area contributed by atoms with Gasteiger partial charge in [0.25, 0.3) is 0 Å². The van der Waals surface area contributed by atoms with Crippen molar-refractivity contribution in [3.63, 3.8) is 0 Å². The number of hydrogen-bond acceptors (Lipinski definition) is 5. The number of ether oxygens (including phenoxy) is 3. The highest BCUT2D eigenvalue weighted by Crippen LogP contribution is 2.27. The largest absolute Gasteiger partial charge is 0.493 e. The van der Waals surface area contributed by atoms with Crippen molar-refractivity contribution >= 4 is 17.8 Å². The molecular formula is C23H28FN3O5. The Labute approximate surface area is 186 Å². The van der Waals surface area contributed by atoms with Crippen LogP contribution in [0.25, 0.3) is 0 Å². The Kier molecular flexibility index (Phi) is 8.13. The van der Waals surface area contributed by atoms with E-state index >= 15 is 0 Å². The standard InChI is InChI=1S/C23H28FN3O5/c1-30-20-11-6-15(12-21(20)31-2)14-25-22(28)26-18-4-3-5-19(13-18)32-23(29)27-17-9-7-16(24)8-10-17/h6-12,18-19H,3-5,13-14H2,1-2H3,(H,27,29)(H2,25,26,28)/t18-,19-/m1/s1. The van der Waals surface area contributed by atoms with Crippen LogP contribution < -0.4 is 25.4 Å². The first-order valence-corrected chi connectivity index (χ1v) is 10.4. The summed E-state index contributed by atoms with van der Waals surface area (Å²) < 4.78 is 28.9. The molecule has 2 atom stereocenters. The number of halogens is 1. The zero-order chi connectivity index (χ0) is 22.9. The highest BCUT2D eigenvalue weighted by atomic mass is 19.1. The molecule has 1 fully saturated rings. The van der Waals surface area contributed by atoms with Gasteiger partial charge in [0.05, 0.1) is 14.2 Å². The smallest absolute Gasteiger partial charge is 0.411 e. The molecule has 1 saturated carbocycles. The average Bonchev–Trinajstić information content (AvgIpc) is 2.79. The molecule has 0 bridgehead atoms. The van der Waals surface area contributed by atoms with Crippen LogP contribution in [0.5, 0.6) is 11.5 Å². The number of carbonyl (C=O) groups excluding carboxylic acids is 2. The Morgan fingerprint density at radius 1 is 1.03 bits per heavy atom. The van der Waals surface area contributed by atoms with Crippen LogP contribution in [0.4, 0.5) is 19.7 Å². The monoisotopic (exact) mass is 445 g/mol. The zero-order valence-corrected chi connectivity index (χ0v) is 18.2. The second kappa shape index (κ2) is 11.2. The van der Waals surface area contributed by atoms with Crippen molar-refractivity contribution in [2.24, 2.45) is 0 Å². The van der Waals surface area contributed by atoms with Crippen molar-refractivity contribution in [2.45, 2.75) is 44.4 Å². The number of hydrogen-bond donors (Lipinski definition) is 3. The molecule has 3 amide bonds. The zero-order valence-electron chi connectivity index (χ0n) is 18.2. The lowest BCUT2D eigenvalue weighted by Gasteiger charge is -2.29. The van der Waals surface area contributed by atoms with Crippen LogP contribution in [-0.2, 0) is 11.3 Å².